The van der Waals surface area contributed by atoms with Gasteiger partial charge in [-0.3, -0.25) is 9.59 Å². The number of halogens is 1. The quantitative estimate of drug-likeness (QED) is 0.821. The number of likely N-dealkylation sites (N-methyl/N-ethyl adjacent to an activating group) is 2. The second kappa shape index (κ2) is 7.56. The molecule has 1 saturated heterocycles. The van der Waals surface area contributed by atoms with Gasteiger partial charge in [-0.05, 0) is 29.1 Å². The van der Waals surface area contributed by atoms with Gasteiger partial charge in [0.25, 0.3) is 5.91 Å². The van der Waals surface area contributed by atoms with Crippen molar-refractivity contribution >= 4 is 34.8 Å². The Hall–Kier alpha value is -1.89. The van der Waals surface area contributed by atoms with Gasteiger partial charge in [0.2, 0.25) is 5.91 Å². The normalized spacial score (nSPS) is 20.6. The molecule has 3 rings (SSSR count). The monoisotopic (exact) mass is 378 g/mol. The molecule has 1 aliphatic rings. The van der Waals surface area contributed by atoms with Crippen LogP contribution in [0.1, 0.15) is 16.5 Å². The number of hydrogen-bond donors (Lipinski definition) is 0. The fourth-order valence-electron chi connectivity index (χ4n) is 2.91. The first-order valence-electron chi connectivity index (χ1n) is 7.87. The first kappa shape index (κ1) is 17.9. The number of thiophene rings is 1. The number of benzene rings is 1. The smallest absolute Gasteiger partial charge is 0.254 e. The van der Waals surface area contributed by atoms with Crippen LogP contribution >= 0.6 is 22.9 Å². The largest absolute Gasteiger partial charge is 0.356 e. The van der Waals surface area contributed by atoms with E-state index in [0.717, 1.165) is 10.4 Å². The fraction of sp³-hybridized carbons (Fsp3) is 0.333. The fourth-order valence-corrected chi connectivity index (χ4v) is 3.79. The van der Waals surface area contributed by atoms with Crippen molar-refractivity contribution in [3.8, 4) is 0 Å². The van der Waals surface area contributed by atoms with Gasteiger partial charge in [-0.25, -0.2) is 0 Å². The summed E-state index contributed by atoms with van der Waals surface area (Å²) in [5, 5.41) is 2.58. The maximum Gasteiger partial charge on any atom is 0.254 e. The van der Waals surface area contributed by atoms with Crippen LogP contribution in [-0.4, -0.2) is 48.4 Å². The van der Waals surface area contributed by atoms with Crippen LogP contribution in [0.4, 0.5) is 0 Å². The summed E-state index contributed by atoms with van der Waals surface area (Å²) >= 11 is 7.56. The molecule has 1 aliphatic heterocycles. The molecule has 0 saturated carbocycles. The van der Waals surface area contributed by atoms with E-state index in [1.807, 2.05) is 29.6 Å². The van der Waals surface area contributed by atoms with Crippen molar-refractivity contribution in [2.75, 3.05) is 20.7 Å². The number of carbonyl (C=O) groups is 2. The minimum Gasteiger partial charge on any atom is -0.356 e. The summed E-state index contributed by atoms with van der Waals surface area (Å²) in [5.74, 6) is -0.294. The van der Waals surface area contributed by atoms with E-state index in [0.29, 0.717) is 11.6 Å². The van der Waals surface area contributed by atoms with E-state index in [1.165, 1.54) is 0 Å². The standard InChI is InChI=1S/C18H19ClN2O3S/c1-20(10-14-4-3-9-25-14)18(23)17-16(21(2)15(22)11-24-17)12-5-7-13(19)8-6-12/h3-9,16-17H,10-11H2,1-2H3/t16-,17-/m0/s1. The minimum atomic E-state index is -0.742. The van der Waals surface area contributed by atoms with E-state index in [1.54, 1.807) is 47.4 Å². The first-order valence-corrected chi connectivity index (χ1v) is 9.13. The summed E-state index contributed by atoms with van der Waals surface area (Å²) in [6.07, 6.45) is -0.742. The number of amides is 2. The maximum absolute atomic E-state index is 13.0. The summed E-state index contributed by atoms with van der Waals surface area (Å²) in [5.41, 5.74) is 0.822. The van der Waals surface area contributed by atoms with Crippen molar-refractivity contribution in [2.24, 2.45) is 0 Å². The first-order chi connectivity index (χ1) is 12.0. The summed E-state index contributed by atoms with van der Waals surface area (Å²) in [7, 11) is 3.45. The number of rotatable bonds is 4. The number of hydrogen-bond acceptors (Lipinski definition) is 4. The highest BCUT2D eigenvalue weighted by Gasteiger charge is 2.41. The van der Waals surface area contributed by atoms with Crippen LogP contribution in [0.3, 0.4) is 0 Å². The molecule has 132 valence electrons. The van der Waals surface area contributed by atoms with Crippen molar-refractivity contribution in [3.05, 3.63) is 57.2 Å². The predicted molar refractivity (Wildman–Crippen MR) is 97.5 cm³/mol. The highest BCUT2D eigenvalue weighted by atomic mass is 35.5. The molecule has 1 aromatic carbocycles. The summed E-state index contributed by atoms with van der Waals surface area (Å²) in [4.78, 5) is 29.4. The van der Waals surface area contributed by atoms with Crippen LogP contribution in [0.2, 0.25) is 5.02 Å². The van der Waals surface area contributed by atoms with E-state index in [4.69, 9.17) is 16.3 Å². The molecular weight excluding hydrogens is 360 g/mol. The van der Waals surface area contributed by atoms with E-state index in [2.05, 4.69) is 0 Å². The average Bonchev–Trinajstić information content (AvgIpc) is 3.10. The number of carbonyl (C=O) groups excluding carboxylic acids is 2. The molecule has 0 spiro atoms. The summed E-state index contributed by atoms with van der Waals surface area (Å²) in [6, 6.07) is 10.6. The Morgan fingerprint density at radius 1 is 1.36 bits per heavy atom. The Morgan fingerprint density at radius 2 is 2.08 bits per heavy atom. The third-order valence-electron chi connectivity index (χ3n) is 4.29. The van der Waals surface area contributed by atoms with Crippen molar-refractivity contribution in [1.29, 1.82) is 0 Å². The van der Waals surface area contributed by atoms with Crippen molar-refractivity contribution in [1.82, 2.24) is 9.80 Å². The topological polar surface area (TPSA) is 49.9 Å². The van der Waals surface area contributed by atoms with Gasteiger partial charge in [-0.2, -0.15) is 0 Å². The molecule has 0 unspecified atom stereocenters. The Bertz CT molecular complexity index is 748. The molecule has 0 radical (unpaired) electrons. The van der Waals surface area contributed by atoms with Crippen LogP contribution in [0, 0.1) is 0 Å². The van der Waals surface area contributed by atoms with Gasteiger partial charge in [0.05, 0.1) is 12.6 Å². The van der Waals surface area contributed by atoms with Crippen molar-refractivity contribution < 1.29 is 14.3 Å². The molecule has 1 aromatic heterocycles. The lowest BCUT2D eigenvalue weighted by Crippen LogP contribution is -2.53. The summed E-state index contributed by atoms with van der Waals surface area (Å²) in [6.45, 7) is 0.422. The van der Waals surface area contributed by atoms with Gasteiger partial charge < -0.3 is 14.5 Å². The van der Waals surface area contributed by atoms with Gasteiger partial charge >= 0.3 is 0 Å². The molecule has 2 atom stereocenters. The highest BCUT2D eigenvalue weighted by molar-refractivity contribution is 7.09. The maximum atomic E-state index is 13.0. The second-order valence-corrected chi connectivity index (χ2v) is 7.47. The van der Waals surface area contributed by atoms with Crippen LogP contribution in [0.5, 0.6) is 0 Å². The summed E-state index contributed by atoms with van der Waals surface area (Å²) < 4.78 is 5.65. The molecule has 5 nitrogen and oxygen atoms in total. The highest BCUT2D eigenvalue weighted by Crippen LogP contribution is 2.31. The molecule has 2 aromatic rings. The molecule has 2 heterocycles. The van der Waals surface area contributed by atoms with Crippen molar-refractivity contribution in [3.63, 3.8) is 0 Å². The molecular formula is C18H19ClN2O3S. The van der Waals surface area contributed by atoms with Gasteiger partial charge in [0.15, 0.2) is 6.10 Å². The van der Waals surface area contributed by atoms with Gasteiger partial charge in [0.1, 0.15) is 6.61 Å². The van der Waals surface area contributed by atoms with Crippen LogP contribution in [0.15, 0.2) is 41.8 Å². The number of ether oxygens (including phenoxy) is 1. The zero-order valence-electron chi connectivity index (χ0n) is 14.0. The average molecular weight is 379 g/mol. The lowest BCUT2D eigenvalue weighted by Gasteiger charge is -2.39. The lowest BCUT2D eigenvalue weighted by atomic mass is 9.97. The molecule has 0 N–H and O–H groups in total. The zero-order valence-corrected chi connectivity index (χ0v) is 15.6. The zero-order chi connectivity index (χ0) is 18.0. The number of nitrogens with zero attached hydrogens (tertiary/aromatic N) is 2. The Labute approximate surface area is 155 Å². The molecule has 0 aliphatic carbocycles. The van der Waals surface area contributed by atoms with E-state index < -0.39 is 12.1 Å². The van der Waals surface area contributed by atoms with Gasteiger partial charge in [0, 0.05) is 24.0 Å². The van der Waals surface area contributed by atoms with Crippen LogP contribution < -0.4 is 0 Å². The molecule has 0 bridgehead atoms. The molecule has 2 amide bonds. The second-order valence-electron chi connectivity index (χ2n) is 6.01. The molecule has 25 heavy (non-hydrogen) atoms. The Kier molecular flexibility index (Phi) is 5.42. The van der Waals surface area contributed by atoms with Crippen molar-refractivity contribution in [2.45, 2.75) is 18.7 Å². The molecule has 1 fully saturated rings. The number of morpholine rings is 1. The predicted octanol–water partition coefficient (Wildman–Crippen LogP) is 2.96. The third-order valence-corrected chi connectivity index (χ3v) is 5.40. The van der Waals surface area contributed by atoms with E-state index >= 15 is 0 Å². The lowest BCUT2D eigenvalue weighted by molar-refractivity contribution is -0.167. The van der Waals surface area contributed by atoms with Crippen LogP contribution in [-0.2, 0) is 20.9 Å². The van der Waals surface area contributed by atoms with E-state index in [-0.39, 0.29) is 18.4 Å². The van der Waals surface area contributed by atoms with E-state index in [9.17, 15) is 9.59 Å². The third kappa shape index (κ3) is 3.86. The Balaban J connectivity index is 1.84. The van der Waals surface area contributed by atoms with Crippen LogP contribution in [0.25, 0.3) is 0 Å². The SMILES string of the molecule is CN(Cc1cccs1)C(=O)[C@H]1OCC(=O)N(C)[C@H]1c1ccc(Cl)cc1. The van der Waals surface area contributed by atoms with Gasteiger partial charge in [-0.1, -0.05) is 29.8 Å². The van der Waals surface area contributed by atoms with Gasteiger partial charge in [-0.15, -0.1) is 11.3 Å². The Morgan fingerprint density at radius 3 is 2.72 bits per heavy atom. The minimum absolute atomic E-state index is 0.0934. The molecule has 7 heteroatoms.